The molecule has 1 aromatic heterocycles. The first-order chi connectivity index (χ1) is 10.2. The molecule has 2 saturated heterocycles. The van der Waals surface area contributed by atoms with Crippen molar-refractivity contribution in [2.75, 3.05) is 39.3 Å². The molecule has 1 aromatic rings. The van der Waals surface area contributed by atoms with Crippen LogP contribution in [0.2, 0.25) is 0 Å². The van der Waals surface area contributed by atoms with Crippen molar-refractivity contribution < 1.29 is 4.79 Å². The van der Waals surface area contributed by atoms with Gasteiger partial charge in [0.1, 0.15) is 0 Å². The molecule has 0 saturated carbocycles. The van der Waals surface area contributed by atoms with Crippen molar-refractivity contribution in [2.45, 2.75) is 19.9 Å². The van der Waals surface area contributed by atoms with Crippen molar-refractivity contribution in [1.29, 1.82) is 0 Å². The van der Waals surface area contributed by atoms with Crippen molar-refractivity contribution in [3.63, 3.8) is 0 Å². The van der Waals surface area contributed by atoms with E-state index in [1.165, 1.54) is 4.88 Å². The molecule has 4 nitrogen and oxygen atoms in total. The average Bonchev–Trinajstić information content (AvgIpc) is 3.07. The van der Waals surface area contributed by atoms with Gasteiger partial charge in [-0.2, -0.15) is 0 Å². The Labute approximate surface area is 131 Å². The molecule has 0 radical (unpaired) electrons. The van der Waals surface area contributed by atoms with Gasteiger partial charge in [-0.1, -0.05) is 13.0 Å². The molecule has 21 heavy (non-hydrogen) atoms. The van der Waals surface area contributed by atoms with Crippen molar-refractivity contribution >= 4 is 17.2 Å². The second-order valence-corrected chi connectivity index (χ2v) is 7.31. The van der Waals surface area contributed by atoms with Crippen LogP contribution in [0.15, 0.2) is 17.5 Å². The fourth-order valence-electron chi connectivity index (χ4n) is 3.35. The molecule has 3 heterocycles. The molecule has 0 aromatic carbocycles. The second kappa shape index (κ2) is 6.90. The van der Waals surface area contributed by atoms with Crippen LogP contribution in [0, 0.1) is 11.8 Å². The Bertz CT molecular complexity index is 462. The van der Waals surface area contributed by atoms with E-state index in [4.69, 9.17) is 0 Å². The third-order valence-corrected chi connectivity index (χ3v) is 5.56. The molecule has 3 rings (SSSR count). The zero-order valence-electron chi connectivity index (χ0n) is 12.8. The predicted molar refractivity (Wildman–Crippen MR) is 86.3 cm³/mol. The van der Waals surface area contributed by atoms with Gasteiger partial charge in [0.05, 0.1) is 5.92 Å². The SMILES string of the molecule is CC1CNCC1C(=O)N1CCCN(Cc2cccs2)CC1. The van der Waals surface area contributed by atoms with E-state index in [2.05, 4.69) is 39.6 Å². The van der Waals surface area contributed by atoms with Gasteiger partial charge in [0.2, 0.25) is 5.91 Å². The van der Waals surface area contributed by atoms with Gasteiger partial charge in [-0.3, -0.25) is 9.69 Å². The third kappa shape index (κ3) is 3.65. The molecule has 2 unspecified atom stereocenters. The van der Waals surface area contributed by atoms with Gasteiger partial charge in [0, 0.05) is 44.1 Å². The monoisotopic (exact) mass is 307 g/mol. The van der Waals surface area contributed by atoms with E-state index in [9.17, 15) is 4.79 Å². The maximum Gasteiger partial charge on any atom is 0.227 e. The largest absolute Gasteiger partial charge is 0.341 e. The van der Waals surface area contributed by atoms with Gasteiger partial charge < -0.3 is 10.2 Å². The first kappa shape index (κ1) is 15.0. The third-order valence-electron chi connectivity index (χ3n) is 4.69. The normalized spacial score (nSPS) is 27.8. The Hall–Kier alpha value is -0.910. The van der Waals surface area contributed by atoms with Crippen LogP contribution >= 0.6 is 11.3 Å². The molecule has 2 aliphatic rings. The summed E-state index contributed by atoms with van der Waals surface area (Å²) >= 11 is 1.82. The summed E-state index contributed by atoms with van der Waals surface area (Å²) in [6, 6.07) is 4.31. The van der Waals surface area contributed by atoms with Crippen molar-refractivity contribution in [3.8, 4) is 0 Å². The smallest absolute Gasteiger partial charge is 0.227 e. The minimum Gasteiger partial charge on any atom is -0.341 e. The predicted octanol–water partition coefficient (Wildman–Crippen LogP) is 1.64. The summed E-state index contributed by atoms with van der Waals surface area (Å²) in [5.74, 6) is 1.03. The summed E-state index contributed by atoms with van der Waals surface area (Å²) in [6.07, 6.45) is 1.09. The number of carbonyl (C=O) groups is 1. The quantitative estimate of drug-likeness (QED) is 0.922. The minimum atomic E-state index is 0.189. The van der Waals surface area contributed by atoms with Crippen LogP contribution in [-0.4, -0.2) is 55.0 Å². The van der Waals surface area contributed by atoms with E-state index < -0.39 is 0 Å². The molecule has 2 fully saturated rings. The first-order valence-electron chi connectivity index (χ1n) is 7.98. The maximum atomic E-state index is 12.7. The topological polar surface area (TPSA) is 35.6 Å². The van der Waals surface area contributed by atoms with E-state index in [1.54, 1.807) is 0 Å². The molecule has 0 aliphatic carbocycles. The lowest BCUT2D eigenvalue weighted by molar-refractivity contribution is -0.135. The van der Waals surface area contributed by atoms with Gasteiger partial charge in [0.25, 0.3) is 0 Å². The van der Waals surface area contributed by atoms with E-state index in [0.717, 1.165) is 52.2 Å². The Morgan fingerprint density at radius 2 is 2.24 bits per heavy atom. The Morgan fingerprint density at radius 3 is 2.95 bits per heavy atom. The number of hydrogen-bond acceptors (Lipinski definition) is 4. The summed E-state index contributed by atoms with van der Waals surface area (Å²) in [4.78, 5) is 18.7. The van der Waals surface area contributed by atoms with Gasteiger partial charge in [-0.05, 0) is 30.3 Å². The Morgan fingerprint density at radius 1 is 1.33 bits per heavy atom. The lowest BCUT2D eigenvalue weighted by Crippen LogP contribution is -2.41. The van der Waals surface area contributed by atoms with Crippen molar-refractivity contribution in [1.82, 2.24) is 15.1 Å². The van der Waals surface area contributed by atoms with E-state index >= 15 is 0 Å². The summed E-state index contributed by atoms with van der Waals surface area (Å²) in [5.41, 5.74) is 0. The highest BCUT2D eigenvalue weighted by Gasteiger charge is 2.33. The van der Waals surface area contributed by atoms with Crippen LogP contribution in [0.5, 0.6) is 0 Å². The zero-order chi connectivity index (χ0) is 14.7. The summed E-state index contributed by atoms with van der Waals surface area (Å²) in [6.45, 7) is 8.95. The van der Waals surface area contributed by atoms with Gasteiger partial charge in [-0.15, -0.1) is 11.3 Å². The second-order valence-electron chi connectivity index (χ2n) is 6.28. The number of thiophene rings is 1. The van der Waals surface area contributed by atoms with Crippen LogP contribution in [0.3, 0.4) is 0 Å². The summed E-state index contributed by atoms with van der Waals surface area (Å²) in [5, 5.41) is 5.48. The molecule has 116 valence electrons. The highest BCUT2D eigenvalue weighted by molar-refractivity contribution is 7.09. The number of hydrogen-bond donors (Lipinski definition) is 1. The van der Waals surface area contributed by atoms with Crippen LogP contribution in [0.4, 0.5) is 0 Å². The average molecular weight is 307 g/mol. The van der Waals surface area contributed by atoms with E-state index in [0.29, 0.717) is 11.8 Å². The lowest BCUT2D eigenvalue weighted by atomic mass is 9.96. The van der Waals surface area contributed by atoms with Gasteiger partial charge >= 0.3 is 0 Å². The van der Waals surface area contributed by atoms with Crippen LogP contribution in [-0.2, 0) is 11.3 Å². The maximum absolute atomic E-state index is 12.7. The van der Waals surface area contributed by atoms with Crippen LogP contribution in [0.1, 0.15) is 18.2 Å². The number of amides is 1. The van der Waals surface area contributed by atoms with Crippen molar-refractivity contribution in [2.24, 2.45) is 11.8 Å². The number of rotatable bonds is 3. The number of carbonyl (C=O) groups excluding carboxylic acids is 1. The van der Waals surface area contributed by atoms with Crippen molar-refractivity contribution in [3.05, 3.63) is 22.4 Å². The summed E-state index contributed by atoms with van der Waals surface area (Å²) in [7, 11) is 0. The molecular weight excluding hydrogens is 282 g/mol. The molecule has 2 atom stereocenters. The van der Waals surface area contributed by atoms with E-state index in [1.807, 2.05) is 11.3 Å². The Kier molecular flexibility index (Phi) is 4.93. The number of nitrogens with zero attached hydrogens (tertiary/aromatic N) is 2. The standard InChI is InChI=1S/C16H25N3OS/c1-13-10-17-11-15(13)16(20)19-6-3-5-18(7-8-19)12-14-4-2-9-21-14/h2,4,9,13,15,17H,3,5-8,10-12H2,1H3. The van der Waals surface area contributed by atoms with Crippen LogP contribution in [0.25, 0.3) is 0 Å². The summed E-state index contributed by atoms with van der Waals surface area (Å²) < 4.78 is 0. The van der Waals surface area contributed by atoms with E-state index in [-0.39, 0.29) is 5.92 Å². The highest BCUT2D eigenvalue weighted by Crippen LogP contribution is 2.20. The fourth-order valence-corrected chi connectivity index (χ4v) is 4.09. The Balaban J connectivity index is 1.54. The highest BCUT2D eigenvalue weighted by atomic mass is 32.1. The molecule has 2 aliphatic heterocycles. The zero-order valence-corrected chi connectivity index (χ0v) is 13.6. The first-order valence-corrected chi connectivity index (χ1v) is 8.86. The molecule has 0 spiro atoms. The lowest BCUT2D eigenvalue weighted by Gasteiger charge is -2.25. The van der Waals surface area contributed by atoms with Crippen LogP contribution < -0.4 is 5.32 Å². The molecule has 1 N–H and O–H groups in total. The molecular formula is C16H25N3OS. The number of nitrogens with one attached hydrogen (secondary N) is 1. The molecule has 0 bridgehead atoms. The molecule has 5 heteroatoms. The van der Waals surface area contributed by atoms with Gasteiger partial charge in [-0.25, -0.2) is 0 Å². The van der Waals surface area contributed by atoms with Gasteiger partial charge in [0.15, 0.2) is 0 Å². The fraction of sp³-hybridized carbons (Fsp3) is 0.688. The minimum absolute atomic E-state index is 0.189. The molecule has 1 amide bonds.